The Morgan fingerprint density at radius 2 is 1.91 bits per heavy atom. The van der Waals surface area contributed by atoms with E-state index in [2.05, 4.69) is 25.8 Å². The zero-order valence-corrected chi connectivity index (χ0v) is 21.1. The minimum Gasteiger partial charge on any atom is -0.496 e. The zero-order valence-electron chi connectivity index (χ0n) is 21.1. The third kappa shape index (κ3) is 5.46. The highest BCUT2D eigenvalue weighted by Gasteiger charge is 2.29. The van der Waals surface area contributed by atoms with Gasteiger partial charge in [0.25, 0.3) is 0 Å². The van der Waals surface area contributed by atoms with E-state index in [9.17, 15) is 9.59 Å². The van der Waals surface area contributed by atoms with E-state index in [1.165, 1.54) is 0 Å². The minimum atomic E-state index is -0.277. The van der Waals surface area contributed by atoms with Crippen LogP contribution in [0.4, 0.5) is 0 Å². The van der Waals surface area contributed by atoms with E-state index in [0.717, 1.165) is 28.8 Å². The van der Waals surface area contributed by atoms with Crippen LogP contribution < -0.4 is 4.74 Å². The number of carbonyl (C=O) groups excluding carboxylic acids is 2. The Bertz CT molecular complexity index is 1100. The van der Waals surface area contributed by atoms with Crippen LogP contribution in [0.15, 0.2) is 24.3 Å². The van der Waals surface area contributed by atoms with Crippen molar-refractivity contribution in [2.45, 2.75) is 65.8 Å². The molecule has 0 unspecified atom stereocenters. The number of ether oxygens (including phenoxy) is 2. The number of carbonyl (C=O) groups is 2. The van der Waals surface area contributed by atoms with Crippen LogP contribution in [0.1, 0.15) is 79.5 Å². The molecular weight excluding hydrogens is 430 g/mol. The average molecular weight is 466 g/mol. The van der Waals surface area contributed by atoms with E-state index in [0.29, 0.717) is 36.6 Å². The highest BCUT2D eigenvalue weighted by Crippen LogP contribution is 2.36. The van der Waals surface area contributed by atoms with Gasteiger partial charge in [-0.05, 0) is 48.9 Å². The van der Waals surface area contributed by atoms with Gasteiger partial charge in [0.1, 0.15) is 17.3 Å². The number of hydrogen-bond donors (Lipinski definition) is 1. The monoisotopic (exact) mass is 465 g/mol. The molecule has 1 aromatic heterocycles. The van der Waals surface area contributed by atoms with Gasteiger partial charge in [-0.2, -0.15) is 0 Å². The number of benzene rings is 1. The summed E-state index contributed by atoms with van der Waals surface area (Å²) in [7, 11) is 1.61. The average Bonchev–Trinajstić information content (AvgIpc) is 3.10. The Morgan fingerprint density at radius 1 is 1.18 bits per heavy atom. The Labute approximate surface area is 202 Å². The van der Waals surface area contributed by atoms with Gasteiger partial charge in [-0.1, -0.05) is 33.8 Å². The van der Waals surface area contributed by atoms with Crippen LogP contribution in [0.2, 0.25) is 0 Å². The molecule has 0 bridgehead atoms. The summed E-state index contributed by atoms with van der Waals surface area (Å²) in [6.45, 7) is 10.9. The number of pyridine rings is 1. The normalized spacial score (nSPS) is 13.1. The summed E-state index contributed by atoms with van der Waals surface area (Å²) >= 11 is 0. The molecule has 0 saturated carbocycles. The number of ketones is 1. The highest BCUT2D eigenvalue weighted by molar-refractivity contribution is 6.04. The van der Waals surface area contributed by atoms with Gasteiger partial charge in [0.05, 0.1) is 20.3 Å². The third-order valence-corrected chi connectivity index (χ3v) is 6.04. The molecule has 1 aliphatic rings. The summed E-state index contributed by atoms with van der Waals surface area (Å²) in [6.07, 6.45) is 1.43. The van der Waals surface area contributed by atoms with Crippen LogP contribution in [0.3, 0.4) is 0 Å². The van der Waals surface area contributed by atoms with Gasteiger partial charge in [-0.3, -0.25) is 15.0 Å². The van der Waals surface area contributed by atoms with Crippen molar-refractivity contribution in [2.24, 2.45) is 0 Å². The number of methoxy groups -OCH3 is 1. The molecule has 7 heteroatoms. The van der Waals surface area contributed by atoms with Crippen LogP contribution in [0.5, 0.6) is 5.75 Å². The van der Waals surface area contributed by atoms with Gasteiger partial charge in [0.2, 0.25) is 0 Å². The van der Waals surface area contributed by atoms with Crippen molar-refractivity contribution in [2.75, 3.05) is 20.3 Å². The van der Waals surface area contributed by atoms with Crippen molar-refractivity contribution >= 4 is 17.6 Å². The van der Waals surface area contributed by atoms with Gasteiger partial charge in [-0.25, -0.2) is 4.98 Å². The number of aryl methyl sites for hydroxylation is 2. The van der Waals surface area contributed by atoms with Crippen LogP contribution >= 0.6 is 0 Å². The predicted octanol–water partition coefficient (Wildman–Crippen LogP) is 4.47. The molecule has 1 N–H and O–H groups in total. The van der Waals surface area contributed by atoms with Crippen LogP contribution in [0.25, 0.3) is 0 Å². The second-order valence-corrected chi connectivity index (χ2v) is 9.56. The topological polar surface area (TPSA) is 92.6 Å². The van der Waals surface area contributed by atoms with E-state index in [-0.39, 0.29) is 36.0 Å². The molecule has 0 amide bonds. The fourth-order valence-corrected chi connectivity index (χ4v) is 4.20. The van der Waals surface area contributed by atoms with Crippen molar-refractivity contribution in [1.29, 1.82) is 5.41 Å². The lowest BCUT2D eigenvalue weighted by Gasteiger charge is -2.25. The molecule has 1 aromatic carbocycles. The fraction of sp³-hybridized carbons (Fsp3) is 0.481. The second kappa shape index (κ2) is 10.4. The molecule has 0 spiro atoms. The molecular formula is C27H35N3O4. The minimum absolute atomic E-state index is 0.0844. The summed E-state index contributed by atoms with van der Waals surface area (Å²) in [5, 5.41) is 8.56. The number of rotatable bonds is 9. The van der Waals surface area contributed by atoms with Crippen molar-refractivity contribution in [3.8, 4) is 5.75 Å². The van der Waals surface area contributed by atoms with Gasteiger partial charge in [0.15, 0.2) is 5.78 Å². The Balaban J connectivity index is 1.89. The molecule has 0 aliphatic carbocycles. The maximum Gasteiger partial charge on any atom is 0.306 e. The molecule has 0 radical (unpaired) electrons. The van der Waals surface area contributed by atoms with E-state index in [1.54, 1.807) is 18.9 Å². The number of fused-ring (bicyclic) bond motifs is 1. The summed E-state index contributed by atoms with van der Waals surface area (Å²) in [4.78, 5) is 31.7. The molecule has 3 rings (SSSR count). The number of hydrogen-bond acceptors (Lipinski definition) is 6. The molecule has 34 heavy (non-hydrogen) atoms. The van der Waals surface area contributed by atoms with Crippen molar-refractivity contribution in [3.63, 3.8) is 0 Å². The summed E-state index contributed by atoms with van der Waals surface area (Å²) in [5.74, 6) is 0.622. The van der Waals surface area contributed by atoms with Gasteiger partial charge < -0.3 is 14.4 Å². The standard InChI is InChI=1S/C27H35N3O4/c1-7-20-11-9-18-15-30(26(28)24(18)29-20)16-22(31)19-13-17(10-12-23(32)34-8-2)25(33-6)21(14-19)27(3,4)5/h9,11,13-14,28H,7-8,10,12,15-16H2,1-6H3. The quantitative estimate of drug-likeness (QED) is 0.434. The maximum atomic E-state index is 13.4. The first-order valence-corrected chi connectivity index (χ1v) is 11.8. The number of nitrogens with zero attached hydrogens (tertiary/aromatic N) is 2. The number of Topliss-reactive ketones (excluding diaryl/α,β-unsaturated/α-hetero) is 1. The lowest BCUT2D eigenvalue weighted by Crippen LogP contribution is -2.31. The molecule has 2 aromatic rings. The van der Waals surface area contributed by atoms with Gasteiger partial charge >= 0.3 is 5.97 Å². The number of esters is 1. The fourth-order valence-electron chi connectivity index (χ4n) is 4.20. The van der Waals surface area contributed by atoms with E-state index in [1.807, 2.05) is 31.2 Å². The molecule has 0 saturated heterocycles. The molecule has 182 valence electrons. The van der Waals surface area contributed by atoms with Crippen LogP contribution in [-0.2, 0) is 34.3 Å². The van der Waals surface area contributed by atoms with Crippen LogP contribution in [-0.4, -0.2) is 47.7 Å². The van der Waals surface area contributed by atoms with E-state index in [4.69, 9.17) is 14.9 Å². The highest BCUT2D eigenvalue weighted by atomic mass is 16.5. The number of amidine groups is 1. The molecule has 2 heterocycles. The third-order valence-electron chi connectivity index (χ3n) is 6.04. The Hall–Kier alpha value is -3.22. The molecule has 1 aliphatic heterocycles. The predicted molar refractivity (Wildman–Crippen MR) is 132 cm³/mol. The SMILES string of the molecule is CCOC(=O)CCc1cc(C(=O)CN2Cc3ccc(CC)nc3C2=N)cc(C(C)(C)C)c1OC. The summed E-state index contributed by atoms with van der Waals surface area (Å²) < 4.78 is 10.8. The van der Waals surface area contributed by atoms with E-state index < -0.39 is 0 Å². The molecule has 0 atom stereocenters. The number of aromatic nitrogens is 1. The Morgan fingerprint density at radius 3 is 2.53 bits per heavy atom. The first kappa shape index (κ1) is 25.4. The Kier molecular flexibility index (Phi) is 7.75. The smallest absolute Gasteiger partial charge is 0.306 e. The maximum absolute atomic E-state index is 13.4. The van der Waals surface area contributed by atoms with Crippen molar-refractivity contribution in [1.82, 2.24) is 9.88 Å². The van der Waals surface area contributed by atoms with Gasteiger partial charge in [0, 0.05) is 35.3 Å². The summed E-state index contributed by atoms with van der Waals surface area (Å²) in [5.41, 5.74) is 4.57. The lowest BCUT2D eigenvalue weighted by atomic mass is 9.83. The first-order chi connectivity index (χ1) is 16.1. The second-order valence-electron chi connectivity index (χ2n) is 9.56. The van der Waals surface area contributed by atoms with Gasteiger partial charge in [-0.15, -0.1) is 0 Å². The zero-order chi connectivity index (χ0) is 25.0. The summed E-state index contributed by atoms with van der Waals surface area (Å²) in [6, 6.07) is 7.68. The number of nitrogens with one attached hydrogen (secondary N) is 1. The first-order valence-electron chi connectivity index (χ1n) is 11.8. The van der Waals surface area contributed by atoms with Crippen molar-refractivity contribution in [3.05, 3.63) is 57.9 Å². The molecule has 0 fully saturated rings. The van der Waals surface area contributed by atoms with Crippen molar-refractivity contribution < 1.29 is 19.1 Å². The van der Waals surface area contributed by atoms with Crippen LogP contribution in [0, 0.1) is 5.41 Å². The largest absolute Gasteiger partial charge is 0.496 e. The lowest BCUT2D eigenvalue weighted by molar-refractivity contribution is -0.143. The van der Waals surface area contributed by atoms with E-state index >= 15 is 0 Å². The molecule has 7 nitrogen and oxygen atoms in total.